The van der Waals surface area contributed by atoms with E-state index >= 15 is 0 Å². The lowest BCUT2D eigenvalue weighted by Crippen LogP contribution is -2.57. The number of rotatable bonds is 3. The van der Waals surface area contributed by atoms with Gasteiger partial charge in [0.1, 0.15) is 11.7 Å². The summed E-state index contributed by atoms with van der Waals surface area (Å²) in [5.74, 6) is 1.19. The van der Waals surface area contributed by atoms with Gasteiger partial charge in [-0.3, -0.25) is 4.79 Å². The van der Waals surface area contributed by atoms with E-state index in [-0.39, 0.29) is 35.1 Å². The highest BCUT2D eigenvalue weighted by Gasteiger charge is 2.66. The van der Waals surface area contributed by atoms with Gasteiger partial charge in [0.05, 0.1) is 24.7 Å². The Hall–Kier alpha value is -0.910. The third kappa shape index (κ3) is 3.27. The molecule has 2 saturated heterocycles. The Morgan fingerprint density at radius 3 is 2.63 bits per heavy atom. The Bertz CT molecular complexity index is 708. The summed E-state index contributed by atoms with van der Waals surface area (Å²) in [7, 11) is 1.42. The van der Waals surface area contributed by atoms with Crippen LogP contribution in [0.5, 0.6) is 0 Å². The van der Waals surface area contributed by atoms with E-state index in [0.717, 1.165) is 19.3 Å². The van der Waals surface area contributed by atoms with E-state index in [4.69, 9.17) is 19.2 Å². The minimum Gasteiger partial charge on any atom is -0.469 e. The second kappa shape index (κ2) is 7.60. The van der Waals surface area contributed by atoms with E-state index in [2.05, 4.69) is 40.7 Å². The highest BCUT2D eigenvalue weighted by Crippen LogP contribution is 2.65. The van der Waals surface area contributed by atoms with Crippen LogP contribution in [-0.2, 0) is 24.0 Å². The third-order valence-corrected chi connectivity index (χ3v) is 9.52. The van der Waals surface area contributed by atoms with E-state index in [1.54, 1.807) is 0 Å². The predicted molar refractivity (Wildman–Crippen MR) is 115 cm³/mol. The fraction of sp³-hybridized carbons (Fsp3) is 0.880. The van der Waals surface area contributed by atoms with Crippen LogP contribution in [0.1, 0.15) is 80.1 Å². The van der Waals surface area contributed by atoms with E-state index in [1.807, 2.05) is 6.92 Å². The van der Waals surface area contributed by atoms with Crippen LogP contribution < -0.4 is 0 Å². The maximum atomic E-state index is 11.9. The standard InChI is InChI=1S/C25H40O5/c1-15-8-9-19-18(12-15)13-16(2)23(4)14-21(28-25(19,23)6)24(5)11-10-20(29-30-24)17(3)22(26)27-7/h12,16-21H,8-11,13-14H2,1-7H3/t16-,17-,18-,19-,20+,21+,23+,24-,25-/m1/s1. The normalized spacial score (nSPS) is 49.6. The molecular weight excluding hydrogens is 380 g/mol. The van der Waals surface area contributed by atoms with Crippen LogP contribution in [0.2, 0.25) is 0 Å². The summed E-state index contributed by atoms with van der Waals surface area (Å²) in [6.45, 7) is 13.4. The largest absolute Gasteiger partial charge is 0.469 e. The molecule has 0 aromatic heterocycles. The molecule has 2 aliphatic heterocycles. The monoisotopic (exact) mass is 420 g/mol. The fourth-order valence-electron chi connectivity index (χ4n) is 6.92. The van der Waals surface area contributed by atoms with Crippen molar-refractivity contribution in [2.75, 3.05) is 7.11 Å². The minimum absolute atomic E-state index is 0.00455. The maximum Gasteiger partial charge on any atom is 0.311 e. The Labute approximate surface area is 181 Å². The van der Waals surface area contributed by atoms with E-state index in [1.165, 1.54) is 31.9 Å². The molecule has 0 spiro atoms. The lowest BCUT2D eigenvalue weighted by Gasteiger charge is -2.56. The quantitative estimate of drug-likeness (QED) is 0.355. The van der Waals surface area contributed by atoms with E-state index in [9.17, 15) is 4.79 Å². The van der Waals surface area contributed by atoms with Crippen molar-refractivity contribution < 1.29 is 24.0 Å². The zero-order valence-electron chi connectivity index (χ0n) is 19.8. The molecule has 5 heteroatoms. The molecule has 0 unspecified atom stereocenters. The molecule has 0 bridgehead atoms. The van der Waals surface area contributed by atoms with Crippen molar-refractivity contribution in [2.24, 2.45) is 29.1 Å². The molecule has 170 valence electrons. The molecule has 9 atom stereocenters. The second-order valence-electron chi connectivity index (χ2n) is 11.2. The predicted octanol–water partition coefficient (Wildman–Crippen LogP) is 5.23. The Kier molecular flexibility index (Phi) is 5.64. The van der Waals surface area contributed by atoms with Gasteiger partial charge in [0.25, 0.3) is 0 Å². The van der Waals surface area contributed by atoms with Crippen LogP contribution >= 0.6 is 0 Å². The van der Waals surface area contributed by atoms with Gasteiger partial charge in [0.2, 0.25) is 0 Å². The van der Waals surface area contributed by atoms with Crippen molar-refractivity contribution in [3.8, 4) is 0 Å². The number of methoxy groups -OCH3 is 1. The molecule has 0 amide bonds. The van der Waals surface area contributed by atoms with Crippen molar-refractivity contribution >= 4 is 5.97 Å². The first-order valence-corrected chi connectivity index (χ1v) is 11.8. The molecule has 0 radical (unpaired) electrons. The molecule has 4 rings (SSSR count). The third-order valence-electron chi connectivity index (χ3n) is 9.52. The molecule has 5 nitrogen and oxygen atoms in total. The Morgan fingerprint density at radius 2 is 2.00 bits per heavy atom. The lowest BCUT2D eigenvalue weighted by molar-refractivity contribution is -0.426. The number of hydrogen-bond acceptors (Lipinski definition) is 5. The summed E-state index contributed by atoms with van der Waals surface area (Å²) < 4.78 is 11.9. The molecule has 0 N–H and O–H groups in total. The zero-order chi connectivity index (χ0) is 21.9. The number of esters is 1. The average molecular weight is 421 g/mol. The van der Waals surface area contributed by atoms with Crippen LogP contribution in [0, 0.1) is 29.1 Å². The van der Waals surface area contributed by atoms with Gasteiger partial charge in [-0.2, -0.15) is 0 Å². The Balaban J connectivity index is 1.52. The van der Waals surface area contributed by atoms with Crippen LogP contribution in [0.15, 0.2) is 11.6 Å². The summed E-state index contributed by atoms with van der Waals surface area (Å²) in [6, 6.07) is 0. The highest BCUT2D eigenvalue weighted by atomic mass is 17.2. The van der Waals surface area contributed by atoms with Gasteiger partial charge >= 0.3 is 5.97 Å². The molecule has 0 aromatic carbocycles. The first-order valence-electron chi connectivity index (χ1n) is 11.8. The summed E-state index contributed by atoms with van der Waals surface area (Å²) in [5, 5.41) is 0. The molecule has 3 fully saturated rings. The van der Waals surface area contributed by atoms with Gasteiger partial charge in [-0.1, -0.05) is 25.5 Å². The van der Waals surface area contributed by atoms with Crippen molar-refractivity contribution in [1.82, 2.24) is 0 Å². The van der Waals surface area contributed by atoms with Gasteiger partial charge in [0, 0.05) is 5.41 Å². The SMILES string of the molecule is COC(=O)[C@H](C)[C@@H]1CC[C@](C)([C@@H]2C[C@@]3(C)[C@H](C)C[C@H]4C=C(C)CC[C@H]4[C@@]3(C)O2)OO1. The second-order valence-corrected chi connectivity index (χ2v) is 11.2. The van der Waals surface area contributed by atoms with Crippen LogP contribution in [0.3, 0.4) is 0 Å². The van der Waals surface area contributed by atoms with Gasteiger partial charge in [-0.25, -0.2) is 9.78 Å². The molecule has 4 aliphatic rings. The lowest BCUT2D eigenvalue weighted by atomic mass is 9.50. The summed E-state index contributed by atoms with van der Waals surface area (Å²) in [6.07, 6.45) is 8.47. The molecule has 2 heterocycles. The van der Waals surface area contributed by atoms with Crippen molar-refractivity contribution in [3.63, 3.8) is 0 Å². The van der Waals surface area contributed by atoms with Gasteiger partial charge in [-0.05, 0) is 84.0 Å². The number of carbonyl (C=O) groups excluding carboxylic acids is 1. The molecule has 0 aromatic rings. The first-order chi connectivity index (χ1) is 14.0. The molecular formula is C25H40O5. The Morgan fingerprint density at radius 1 is 1.27 bits per heavy atom. The topological polar surface area (TPSA) is 54.0 Å². The average Bonchev–Trinajstić information content (AvgIpc) is 3.01. The fourth-order valence-corrected chi connectivity index (χ4v) is 6.92. The van der Waals surface area contributed by atoms with E-state index < -0.39 is 5.60 Å². The summed E-state index contributed by atoms with van der Waals surface area (Å²) in [5.41, 5.74) is 1.01. The molecule has 2 aliphatic carbocycles. The number of hydrogen-bond donors (Lipinski definition) is 0. The molecule has 30 heavy (non-hydrogen) atoms. The maximum absolute atomic E-state index is 11.9. The van der Waals surface area contributed by atoms with Crippen molar-refractivity contribution in [3.05, 3.63) is 11.6 Å². The first kappa shape index (κ1) is 22.3. The van der Waals surface area contributed by atoms with Crippen molar-refractivity contribution in [1.29, 1.82) is 0 Å². The summed E-state index contributed by atoms with van der Waals surface area (Å²) >= 11 is 0. The number of ether oxygens (including phenoxy) is 2. The van der Waals surface area contributed by atoms with E-state index in [0.29, 0.717) is 17.8 Å². The number of fused-ring (bicyclic) bond motifs is 3. The summed E-state index contributed by atoms with van der Waals surface area (Å²) in [4.78, 5) is 23.7. The zero-order valence-corrected chi connectivity index (χ0v) is 19.8. The van der Waals surface area contributed by atoms with Crippen LogP contribution in [0.25, 0.3) is 0 Å². The van der Waals surface area contributed by atoms with Gasteiger partial charge < -0.3 is 9.47 Å². The van der Waals surface area contributed by atoms with Crippen LogP contribution in [0.4, 0.5) is 0 Å². The van der Waals surface area contributed by atoms with Gasteiger partial charge in [0.15, 0.2) is 0 Å². The van der Waals surface area contributed by atoms with Crippen molar-refractivity contribution in [2.45, 2.75) is 103 Å². The molecule has 1 saturated carbocycles. The van der Waals surface area contributed by atoms with Crippen LogP contribution in [-0.4, -0.2) is 36.5 Å². The number of allylic oxidation sites excluding steroid dienone is 2. The highest BCUT2D eigenvalue weighted by molar-refractivity contribution is 5.72. The van der Waals surface area contributed by atoms with Gasteiger partial charge in [-0.15, -0.1) is 0 Å². The minimum atomic E-state index is -0.495. The number of carbonyl (C=O) groups is 1. The smallest absolute Gasteiger partial charge is 0.311 e.